The number of aromatic nitrogens is 3. The van der Waals surface area contributed by atoms with Crippen LogP contribution in [0.3, 0.4) is 0 Å². The molecule has 2 N–H and O–H groups in total. The lowest BCUT2D eigenvalue weighted by Crippen LogP contribution is -2.38. The van der Waals surface area contributed by atoms with E-state index in [1.165, 1.54) is 6.42 Å². The second kappa shape index (κ2) is 4.72. The van der Waals surface area contributed by atoms with Gasteiger partial charge in [0, 0.05) is 26.1 Å². The van der Waals surface area contributed by atoms with Gasteiger partial charge in [-0.25, -0.2) is 4.98 Å². The summed E-state index contributed by atoms with van der Waals surface area (Å²) in [6.45, 7) is 1.67. The van der Waals surface area contributed by atoms with E-state index in [0.29, 0.717) is 5.92 Å². The molecule has 84 valence electrons. The van der Waals surface area contributed by atoms with Crippen LogP contribution < -0.4 is 5.73 Å². The lowest BCUT2D eigenvalue weighted by atomic mass is 9.92. The van der Waals surface area contributed by atoms with Crippen LogP contribution in [0.25, 0.3) is 0 Å². The van der Waals surface area contributed by atoms with Gasteiger partial charge in [-0.2, -0.15) is 5.10 Å². The van der Waals surface area contributed by atoms with Gasteiger partial charge in [0.2, 0.25) is 0 Å². The molecule has 2 atom stereocenters. The van der Waals surface area contributed by atoms with Gasteiger partial charge in [-0.1, -0.05) is 0 Å². The Kier molecular flexibility index (Phi) is 3.33. The van der Waals surface area contributed by atoms with E-state index in [0.717, 1.165) is 31.9 Å². The zero-order valence-corrected chi connectivity index (χ0v) is 9.09. The molecule has 2 rings (SSSR count). The molecule has 0 spiro atoms. The Hall–Kier alpha value is -0.940. The van der Waals surface area contributed by atoms with Crippen molar-refractivity contribution in [2.45, 2.75) is 25.3 Å². The topological polar surface area (TPSA) is 66.0 Å². The van der Waals surface area contributed by atoms with Crippen molar-refractivity contribution in [1.82, 2.24) is 14.8 Å². The molecule has 1 aliphatic heterocycles. The summed E-state index contributed by atoms with van der Waals surface area (Å²) in [5, 5.41) is 4.03. The van der Waals surface area contributed by atoms with Crippen molar-refractivity contribution in [3.63, 3.8) is 0 Å². The lowest BCUT2D eigenvalue weighted by Gasteiger charge is -2.27. The van der Waals surface area contributed by atoms with E-state index >= 15 is 0 Å². The van der Waals surface area contributed by atoms with Crippen LogP contribution in [0.4, 0.5) is 0 Å². The molecule has 0 radical (unpaired) electrons. The Labute approximate surface area is 89.6 Å². The van der Waals surface area contributed by atoms with Crippen molar-refractivity contribution in [2.24, 2.45) is 18.7 Å². The highest BCUT2D eigenvalue weighted by atomic mass is 16.5. The summed E-state index contributed by atoms with van der Waals surface area (Å²) in [5.74, 6) is 1.42. The van der Waals surface area contributed by atoms with E-state index in [9.17, 15) is 0 Å². The Balaban J connectivity index is 1.91. The van der Waals surface area contributed by atoms with Gasteiger partial charge in [-0.05, 0) is 18.8 Å². The number of nitrogens with zero attached hydrogens (tertiary/aromatic N) is 3. The molecule has 0 saturated carbocycles. The van der Waals surface area contributed by atoms with E-state index in [4.69, 9.17) is 10.5 Å². The third kappa shape index (κ3) is 2.54. The normalized spacial score (nSPS) is 24.0. The van der Waals surface area contributed by atoms with E-state index in [1.54, 1.807) is 11.0 Å². The predicted molar refractivity (Wildman–Crippen MR) is 56.2 cm³/mol. The van der Waals surface area contributed by atoms with E-state index in [2.05, 4.69) is 10.1 Å². The molecule has 1 fully saturated rings. The second-order valence-corrected chi connectivity index (χ2v) is 4.15. The summed E-state index contributed by atoms with van der Waals surface area (Å²) in [7, 11) is 1.90. The van der Waals surface area contributed by atoms with Crippen molar-refractivity contribution < 1.29 is 4.74 Å². The van der Waals surface area contributed by atoms with E-state index in [-0.39, 0.29) is 6.04 Å². The number of rotatable bonds is 3. The van der Waals surface area contributed by atoms with Crippen LogP contribution in [0.15, 0.2) is 6.33 Å². The average molecular weight is 210 g/mol. The predicted octanol–water partition coefficient (Wildman–Crippen LogP) is 0.111. The van der Waals surface area contributed by atoms with Gasteiger partial charge in [0.05, 0.1) is 6.61 Å². The summed E-state index contributed by atoms with van der Waals surface area (Å²) < 4.78 is 7.21. The first-order chi connectivity index (χ1) is 7.27. The summed E-state index contributed by atoms with van der Waals surface area (Å²) in [6, 6.07) is 0.133. The number of nitrogens with two attached hydrogens (primary N) is 1. The maximum atomic E-state index is 6.15. The molecule has 0 amide bonds. The van der Waals surface area contributed by atoms with Gasteiger partial charge in [-0.3, -0.25) is 4.68 Å². The van der Waals surface area contributed by atoms with Gasteiger partial charge in [0.25, 0.3) is 0 Å². The zero-order valence-electron chi connectivity index (χ0n) is 9.09. The van der Waals surface area contributed by atoms with Gasteiger partial charge >= 0.3 is 0 Å². The van der Waals surface area contributed by atoms with E-state index in [1.807, 2.05) is 7.05 Å². The molecule has 1 saturated heterocycles. The van der Waals surface area contributed by atoms with Gasteiger partial charge in [0.15, 0.2) is 0 Å². The first-order valence-corrected chi connectivity index (χ1v) is 5.43. The molecule has 1 aliphatic rings. The van der Waals surface area contributed by atoms with Crippen LogP contribution in [-0.2, 0) is 18.2 Å². The van der Waals surface area contributed by atoms with Crippen molar-refractivity contribution in [1.29, 1.82) is 0 Å². The minimum Gasteiger partial charge on any atom is -0.381 e. The smallest absolute Gasteiger partial charge is 0.138 e. The Morgan fingerprint density at radius 1 is 1.73 bits per heavy atom. The maximum Gasteiger partial charge on any atom is 0.138 e. The molecular weight excluding hydrogens is 192 g/mol. The number of ether oxygens (including phenoxy) is 1. The van der Waals surface area contributed by atoms with Gasteiger partial charge in [-0.15, -0.1) is 0 Å². The minimum atomic E-state index is 0.133. The standard InChI is InChI=1S/C10H18N4O/c1-14-10(12-7-13-14)5-9(11)8-3-2-4-15-6-8/h7-9H,2-6,11H2,1H3. The third-order valence-electron chi connectivity index (χ3n) is 3.02. The van der Waals surface area contributed by atoms with Crippen LogP contribution in [0, 0.1) is 5.92 Å². The fourth-order valence-electron chi connectivity index (χ4n) is 1.99. The van der Waals surface area contributed by atoms with Gasteiger partial charge < -0.3 is 10.5 Å². The summed E-state index contributed by atoms with van der Waals surface area (Å²) in [5.41, 5.74) is 6.15. The Morgan fingerprint density at radius 2 is 2.60 bits per heavy atom. The fraction of sp³-hybridized carbons (Fsp3) is 0.800. The second-order valence-electron chi connectivity index (χ2n) is 4.15. The molecule has 5 nitrogen and oxygen atoms in total. The lowest BCUT2D eigenvalue weighted by molar-refractivity contribution is 0.0446. The van der Waals surface area contributed by atoms with Crippen molar-refractivity contribution in [3.05, 3.63) is 12.2 Å². The number of hydrogen-bond donors (Lipinski definition) is 1. The quantitative estimate of drug-likeness (QED) is 0.769. The first kappa shape index (κ1) is 10.6. The summed E-state index contributed by atoms with van der Waals surface area (Å²) in [6.07, 6.45) is 4.64. The minimum absolute atomic E-state index is 0.133. The van der Waals surface area contributed by atoms with E-state index < -0.39 is 0 Å². The Bertz CT molecular complexity index is 306. The van der Waals surface area contributed by atoms with Crippen LogP contribution >= 0.6 is 0 Å². The largest absolute Gasteiger partial charge is 0.381 e. The molecule has 2 heterocycles. The van der Waals surface area contributed by atoms with Crippen LogP contribution in [0.1, 0.15) is 18.7 Å². The number of aryl methyl sites for hydroxylation is 1. The molecule has 1 aromatic rings. The average Bonchev–Trinajstić information content (AvgIpc) is 2.66. The highest BCUT2D eigenvalue weighted by molar-refractivity contribution is 4.90. The molecule has 2 unspecified atom stereocenters. The van der Waals surface area contributed by atoms with Gasteiger partial charge in [0.1, 0.15) is 12.2 Å². The SMILES string of the molecule is Cn1ncnc1CC(N)C1CCCOC1. The zero-order chi connectivity index (χ0) is 10.7. The third-order valence-corrected chi connectivity index (χ3v) is 3.02. The highest BCUT2D eigenvalue weighted by Gasteiger charge is 2.22. The summed E-state index contributed by atoms with van der Waals surface area (Å²) in [4.78, 5) is 4.18. The van der Waals surface area contributed by atoms with Crippen LogP contribution in [0.2, 0.25) is 0 Å². The van der Waals surface area contributed by atoms with Crippen LogP contribution in [0.5, 0.6) is 0 Å². The van der Waals surface area contributed by atoms with Crippen molar-refractivity contribution in [3.8, 4) is 0 Å². The molecule has 0 aliphatic carbocycles. The molecule has 5 heteroatoms. The number of hydrogen-bond acceptors (Lipinski definition) is 4. The molecule has 0 bridgehead atoms. The monoisotopic (exact) mass is 210 g/mol. The van der Waals surface area contributed by atoms with Crippen molar-refractivity contribution in [2.75, 3.05) is 13.2 Å². The molecular formula is C10H18N4O. The van der Waals surface area contributed by atoms with Crippen molar-refractivity contribution >= 4 is 0 Å². The maximum absolute atomic E-state index is 6.15. The Morgan fingerprint density at radius 3 is 3.20 bits per heavy atom. The first-order valence-electron chi connectivity index (χ1n) is 5.43. The molecule has 15 heavy (non-hydrogen) atoms. The highest BCUT2D eigenvalue weighted by Crippen LogP contribution is 2.18. The fourth-order valence-corrected chi connectivity index (χ4v) is 1.99. The summed E-state index contributed by atoms with van der Waals surface area (Å²) >= 11 is 0. The van der Waals surface area contributed by atoms with Crippen LogP contribution in [-0.4, -0.2) is 34.0 Å². The molecule has 0 aromatic carbocycles. The molecule has 1 aromatic heterocycles.